The topological polar surface area (TPSA) is 58.4 Å². The maximum absolute atomic E-state index is 6.22. The Labute approximate surface area is 175 Å². The number of hydrogen-bond donors (Lipinski definition) is 0. The predicted octanol–water partition coefficient (Wildman–Crippen LogP) is 5.03. The van der Waals surface area contributed by atoms with Crippen molar-refractivity contribution in [3.8, 4) is 28.6 Å². The van der Waals surface area contributed by atoms with Gasteiger partial charge in [0.25, 0.3) is 0 Å². The van der Waals surface area contributed by atoms with Crippen LogP contribution in [0.2, 0.25) is 0 Å². The lowest BCUT2D eigenvalue weighted by molar-refractivity contribution is 0.297. The summed E-state index contributed by atoms with van der Waals surface area (Å²) < 4.78 is 19.2. The molecule has 1 aliphatic rings. The summed E-state index contributed by atoms with van der Waals surface area (Å²) in [7, 11) is 3.26. The Hall–Kier alpha value is -3.54. The molecule has 0 spiro atoms. The largest absolute Gasteiger partial charge is 0.493 e. The molecule has 4 aromatic rings. The summed E-state index contributed by atoms with van der Waals surface area (Å²) in [6.45, 7) is 0.453. The lowest BCUT2D eigenvalue weighted by Gasteiger charge is -2.13. The molecule has 6 heteroatoms. The lowest BCUT2D eigenvalue weighted by atomic mass is 10.1. The quantitative estimate of drug-likeness (QED) is 0.435. The molecule has 0 amide bonds. The second-order valence-corrected chi connectivity index (χ2v) is 7.41. The van der Waals surface area contributed by atoms with Crippen molar-refractivity contribution in [2.45, 2.75) is 25.5 Å². The molecule has 2 heterocycles. The Kier molecular flexibility index (Phi) is 4.75. The molecule has 2 aromatic carbocycles. The second kappa shape index (κ2) is 7.71. The molecule has 0 unspecified atom stereocenters. The monoisotopic (exact) mass is 401 g/mol. The first-order valence-electron chi connectivity index (χ1n) is 10.0. The fourth-order valence-electron chi connectivity index (χ4n) is 3.62. The Bertz CT molecular complexity index is 1180. The van der Waals surface area contributed by atoms with Crippen molar-refractivity contribution in [2.75, 3.05) is 14.2 Å². The average molecular weight is 401 g/mol. The molecule has 30 heavy (non-hydrogen) atoms. The molecule has 2 aromatic heterocycles. The van der Waals surface area contributed by atoms with Crippen molar-refractivity contribution in [1.29, 1.82) is 0 Å². The minimum absolute atomic E-state index is 0.453. The van der Waals surface area contributed by atoms with E-state index in [0.717, 1.165) is 27.9 Å². The molecule has 0 N–H and O–H groups in total. The predicted molar refractivity (Wildman–Crippen MR) is 115 cm³/mol. The normalized spacial score (nSPS) is 13.4. The van der Waals surface area contributed by atoms with Crippen LogP contribution in [0.25, 0.3) is 22.3 Å². The van der Waals surface area contributed by atoms with Crippen LogP contribution >= 0.6 is 0 Å². The third-order valence-corrected chi connectivity index (χ3v) is 5.36. The molecule has 0 bridgehead atoms. The van der Waals surface area contributed by atoms with Gasteiger partial charge >= 0.3 is 0 Å². The Morgan fingerprint density at radius 1 is 0.967 bits per heavy atom. The van der Waals surface area contributed by atoms with Gasteiger partial charge in [-0.1, -0.05) is 30.3 Å². The van der Waals surface area contributed by atoms with Gasteiger partial charge in [-0.15, -0.1) is 0 Å². The van der Waals surface area contributed by atoms with Crippen LogP contribution in [0.5, 0.6) is 17.4 Å². The number of aromatic nitrogens is 3. The zero-order valence-corrected chi connectivity index (χ0v) is 17.0. The highest BCUT2D eigenvalue weighted by molar-refractivity contribution is 5.85. The maximum atomic E-state index is 6.22. The molecule has 5 rings (SSSR count). The molecule has 0 saturated heterocycles. The van der Waals surface area contributed by atoms with Crippen LogP contribution in [0.4, 0.5) is 0 Å². The SMILES string of the molecule is COc1ccc(-c2cc3ncn(C4CC4)c3c(OCc3ccccc3)n2)cc1OC. The van der Waals surface area contributed by atoms with Gasteiger partial charge in [0.05, 0.1) is 31.8 Å². The van der Waals surface area contributed by atoms with Gasteiger partial charge in [0.2, 0.25) is 5.88 Å². The smallest absolute Gasteiger partial charge is 0.241 e. The number of nitrogens with zero attached hydrogens (tertiary/aromatic N) is 3. The van der Waals surface area contributed by atoms with E-state index in [4.69, 9.17) is 19.2 Å². The van der Waals surface area contributed by atoms with E-state index in [2.05, 4.69) is 9.55 Å². The van der Waals surface area contributed by atoms with Gasteiger partial charge in [-0.3, -0.25) is 0 Å². The van der Waals surface area contributed by atoms with Crippen LogP contribution in [0.15, 0.2) is 60.9 Å². The molecule has 1 aliphatic carbocycles. The number of fused-ring (bicyclic) bond motifs is 1. The first-order valence-corrected chi connectivity index (χ1v) is 10.0. The van der Waals surface area contributed by atoms with Gasteiger partial charge in [-0.25, -0.2) is 9.97 Å². The molecule has 152 valence electrons. The molecule has 0 radical (unpaired) electrons. The third-order valence-electron chi connectivity index (χ3n) is 5.36. The molecular weight excluding hydrogens is 378 g/mol. The Balaban J connectivity index is 1.58. The van der Waals surface area contributed by atoms with Crippen molar-refractivity contribution in [1.82, 2.24) is 14.5 Å². The Morgan fingerprint density at radius 2 is 1.77 bits per heavy atom. The van der Waals surface area contributed by atoms with Crippen molar-refractivity contribution < 1.29 is 14.2 Å². The van der Waals surface area contributed by atoms with Crippen LogP contribution < -0.4 is 14.2 Å². The molecule has 1 saturated carbocycles. The van der Waals surface area contributed by atoms with Crippen LogP contribution in [0.3, 0.4) is 0 Å². The van der Waals surface area contributed by atoms with Gasteiger partial charge in [0, 0.05) is 11.6 Å². The highest BCUT2D eigenvalue weighted by Crippen LogP contribution is 2.40. The molecule has 0 aliphatic heterocycles. The van der Waals surface area contributed by atoms with E-state index in [-0.39, 0.29) is 0 Å². The average Bonchev–Trinajstić information content (AvgIpc) is 3.56. The van der Waals surface area contributed by atoms with E-state index in [0.29, 0.717) is 30.0 Å². The zero-order valence-electron chi connectivity index (χ0n) is 17.0. The van der Waals surface area contributed by atoms with Gasteiger partial charge in [0.1, 0.15) is 12.1 Å². The second-order valence-electron chi connectivity index (χ2n) is 7.41. The standard InChI is InChI=1S/C24H23N3O3/c1-28-21-11-8-17(12-22(21)29-2)19-13-20-23(27(15-25-20)18-9-10-18)24(26-19)30-14-16-6-4-3-5-7-16/h3-8,11-13,15,18H,9-10,14H2,1-2H3. The van der Waals surface area contributed by atoms with E-state index in [1.54, 1.807) is 14.2 Å². The van der Waals surface area contributed by atoms with Gasteiger partial charge in [-0.2, -0.15) is 0 Å². The van der Waals surface area contributed by atoms with Gasteiger partial charge in [-0.05, 0) is 42.7 Å². The van der Waals surface area contributed by atoms with Crippen LogP contribution in [-0.2, 0) is 6.61 Å². The summed E-state index contributed by atoms with van der Waals surface area (Å²) in [5.41, 5.74) is 4.64. The van der Waals surface area contributed by atoms with Crippen LogP contribution in [-0.4, -0.2) is 28.8 Å². The first-order chi connectivity index (χ1) is 14.8. The molecule has 0 atom stereocenters. The summed E-state index contributed by atoms with van der Waals surface area (Å²) in [6.07, 6.45) is 4.24. The highest BCUT2D eigenvalue weighted by Gasteiger charge is 2.27. The van der Waals surface area contributed by atoms with E-state index >= 15 is 0 Å². The summed E-state index contributed by atoms with van der Waals surface area (Å²) in [5, 5.41) is 0. The molecular formula is C24H23N3O3. The number of ether oxygens (including phenoxy) is 3. The fraction of sp³-hybridized carbons (Fsp3) is 0.250. The van der Waals surface area contributed by atoms with E-state index in [1.165, 1.54) is 12.8 Å². The molecule has 6 nitrogen and oxygen atoms in total. The molecule has 1 fully saturated rings. The fourth-order valence-corrected chi connectivity index (χ4v) is 3.62. The van der Waals surface area contributed by atoms with Crippen molar-refractivity contribution >= 4 is 11.0 Å². The summed E-state index contributed by atoms with van der Waals surface area (Å²) in [5.74, 6) is 1.94. The first kappa shape index (κ1) is 18.5. The Morgan fingerprint density at radius 3 is 2.50 bits per heavy atom. The van der Waals surface area contributed by atoms with E-state index in [9.17, 15) is 0 Å². The number of rotatable bonds is 7. The summed E-state index contributed by atoms with van der Waals surface area (Å²) in [6, 6.07) is 18.4. The highest BCUT2D eigenvalue weighted by atomic mass is 16.5. The number of benzene rings is 2. The zero-order chi connectivity index (χ0) is 20.5. The van der Waals surface area contributed by atoms with Crippen molar-refractivity contribution in [2.24, 2.45) is 0 Å². The minimum atomic E-state index is 0.453. The minimum Gasteiger partial charge on any atom is -0.493 e. The summed E-state index contributed by atoms with van der Waals surface area (Å²) in [4.78, 5) is 9.53. The van der Waals surface area contributed by atoms with Crippen molar-refractivity contribution in [3.63, 3.8) is 0 Å². The van der Waals surface area contributed by atoms with Gasteiger partial charge in [0.15, 0.2) is 11.5 Å². The number of imidazole rings is 1. The van der Waals surface area contributed by atoms with Crippen LogP contribution in [0.1, 0.15) is 24.4 Å². The van der Waals surface area contributed by atoms with E-state index in [1.807, 2.05) is 60.9 Å². The summed E-state index contributed by atoms with van der Waals surface area (Å²) >= 11 is 0. The number of hydrogen-bond acceptors (Lipinski definition) is 5. The van der Waals surface area contributed by atoms with Crippen LogP contribution in [0, 0.1) is 0 Å². The third kappa shape index (κ3) is 3.45. The van der Waals surface area contributed by atoms with E-state index < -0.39 is 0 Å². The van der Waals surface area contributed by atoms with Crippen molar-refractivity contribution in [3.05, 3.63) is 66.5 Å². The lowest BCUT2D eigenvalue weighted by Crippen LogP contribution is -2.02. The van der Waals surface area contributed by atoms with Gasteiger partial charge < -0.3 is 18.8 Å². The number of pyridine rings is 1. The maximum Gasteiger partial charge on any atom is 0.241 e. The number of methoxy groups -OCH3 is 2.